The van der Waals surface area contributed by atoms with Crippen LogP contribution in [0.2, 0.25) is 0 Å². The second-order valence-electron chi connectivity index (χ2n) is 5.56. The molecule has 0 aromatic heterocycles. The zero-order chi connectivity index (χ0) is 14.6. The zero-order valence-electron chi connectivity index (χ0n) is 11.9. The summed E-state index contributed by atoms with van der Waals surface area (Å²) >= 11 is 0. The maximum absolute atomic E-state index is 12.6. The van der Waals surface area contributed by atoms with Gasteiger partial charge in [0.25, 0.3) is 0 Å². The van der Waals surface area contributed by atoms with Crippen LogP contribution in [0.25, 0.3) is 0 Å². The van der Waals surface area contributed by atoms with Crippen LogP contribution in [0.15, 0.2) is 4.99 Å². The molecule has 1 heterocycles. The predicted octanol–water partition coefficient (Wildman–Crippen LogP) is 2.62. The van der Waals surface area contributed by atoms with Crippen LogP contribution in [0.4, 0.5) is 13.2 Å². The van der Waals surface area contributed by atoms with Gasteiger partial charge in [-0.25, -0.2) is 0 Å². The van der Waals surface area contributed by atoms with Crippen LogP contribution in [-0.2, 0) is 4.74 Å². The molecule has 0 atom stereocenters. The first-order valence-electron chi connectivity index (χ1n) is 7.16. The number of guanidine groups is 1. The molecule has 8 heteroatoms. The summed E-state index contributed by atoms with van der Waals surface area (Å²) in [6.07, 6.45) is -2.42. The molecule has 1 aliphatic carbocycles. The highest BCUT2D eigenvalue weighted by molar-refractivity contribution is 14.0. The second-order valence-corrected chi connectivity index (χ2v) is 5.56. The average molecular weight is 421 g/mol. The van der Waals surface area contributed by atoms with E-state index >= 15 is 0 Å². The maximum atomic E-state index is 12.6. The third kappa shape index (κ3) is 5.80. The van der Waals surface area contributed by atoms with E-state index in [1.165, 1.54) is 0 Å². The van der Waals surface area contributed by atoms with Gasteiger partial charge < -0.3 is 15.4 Å². The van der Waals surface area contributed by atoms with E-state index in [9.17, 15) is 13.2 Å². The molecule has 2 rings (SSSR count). The Morgan fingerprint density at radius 3 is 2.24 bits per heavy atom. The van der Waals surface area contributed by atoms with Gasteiger partial charge in [0, 0.05) is 19.6 Å². The van der Waals surface area contributed by atoms with Crippen molar-refractivity contribution >= 4 is 29.9 Å². The van der Waals surface area contributed by atoms with Crippen molar-refractivity contribution in [2.24, 2.45) is 22.6 Å². The highest BCUT2D eigenvalue weighted by Crippen LogP contribution is 2.39. The molecule has 0 amide bonds. The number of aliphatic imine (C=N–C) groups is 1. The summed E-state index contributed by atoms with van der Waals surface area (Å²) in [6.45, 7) is 3.29. The number of hydrogen-bond acceptors (Lipinski definition) is 2. The Kier molecular flexibility index (Phi) is 7.52. The monoisotopic (exact) mass is 421 g/mol. The molecule has 1 saturated heterocycles. The molecule has 2 fully saturated rings. The van der Waals surface area contributed by atoms with Gasteiger partial charge in [-0.3, -0.25) is 4.99 Å². The van der Waals surface area contributed by atoms with E-state index in [2.05, 4.69) is 4.99 Å². The molecule has 0 aromatic carbocycles. The lowest BCUT2D eigenvalue weighted by Crippen LogP contribution is -2.45. The van der Waals surface area contributed by atoms with Crippen molar-refractivity contribution in [1.82, 2.24) is 4.90 Å². The third-order valence-corrected chi connectivity index (χ3v) is 4.16. The fourth-order valence-corrected chi connectivity index (χ4v) is 2.79. The molecular weight excluding hydrogens is 398 g/mol. The van der Waals surface area contributed by atoms with Gasteiger partial charge in [0.2, 0.25) is 0 Å². The van der Waals surface area contributed by atoms with Gasteiger partial charge in [0.05, 0.1) is 19.1 Å². The van der Waals surface area contributed by atoms with Crippen molar-refractivity contribution in [3.63, 3.8) is 0 Å². The summed E-state index contributed by atoms with van der Waals surface area (Å²) in [5, 5.41) is 0. The fourth-order valence-electron chi connectivity index (χ4n) is 2.79. The normalized spacial score (nSPS) is 28.1. The molecule has 2 N–H and O–H groups in total. The van der Waals surface area contributed by atoms with Gasteiger partial charge in [-0.15, -0.1) is 24.0 Å². The topological polar surface area (TPSA) is 50.8 Å². The highest BCUT2D eigenvalue weighted by atomic mass is 127. The van der Waals surface area contributed by atoms with Crippen molar-refractivity contribution in [2.75, 3.05) is 32.8 Å². The molecule has 124 valence electrons. The Morgan fingerprint density at radius 2 is 1.71 bits per heavy atom. The average Bonchev–Trinajstić information content (AvgIpc) is 2.45. The van der Waals surface area contributed by atoms with Gasteiger partial charge in [-0.1, -0.05) is 0 Å². The van der Waals surface area contributed by atoms with E-state index in [-0.39, 0.29) is 42.7 Å². The molecule has 0 unspecified atom stereocenters. The van der Waals surface area contributed by atoms with Crippen LogP contribution in [-0.4, -0.2) is 49.9 Å². The van der Waals surface area contributed by atoms with Crippen LogP contribution in [0, 0.1) is 11.8 Å². The van der Waals surface area contributed by atoms with Gasteiger partial charge in [-0.2, -0.15) is 13.2 Å². The van der Waals surface area contributed by atoms with E-state index in [1.54, 1.807) is 0 Å². The Hall–Kier alpha value is -0.250. The molecule has 0 aromatic rings. The van der Waals surface area contributed by atoms with E-state index in [1.807, 2.05) is 4.90 Å². The Bertz CT molecular complexity index is 338. The standard InChI is InChI=1S/C13H22F3N3O.HI/c14-13(15,16)11-3-1-10(2-4-11)9-18-12(17)19-5-7-20-8-6-19;/h10-11H,1-9H2,(H2,17,18);1H. The van der Waals surface area contributed by atoms with Crippen LogP contribution in [0.3, 0.4) is 0 Å². The summed E-state index contributed by atoms with van der Waals surface area (Å²) in [4.78, 5) is 6.31. The molecule has 0 bridgehead atoms. The first-order valence-corrected chi connectivity index (χ1v) is 7.16. The Labute approximate surface area is 140 Å². The number of rotatable bonds is 2. The molecule has 0 radical (unpaired) electrons. The summed E-state index contributed by atoms with van der Waals surface area (Å²) in [6, 6.07) is 0. The van der Waals surface area contributed by atoms with E-state index in [4.69, 9.17) is 10.5 Å². The smallest absolute Gasteiger partial charge is 0.378 e. The minimum atomic E-state index is -4.04. The van der Waals surface area contributed by atoms with Crippen molar-refractivity contribution in [2.45, 2.75) is 31.9 Å². The summed E-state index contributed by atoms with van der Waals surface area (Å²) in [5.74, 6) is -0.404. The largest absolute Gasteiger partial charge is 0.391 e. The lowest BCUT2D eigenvalue weighted by molar-refractivity contribution is -0.183. The minimum absolute atomic E-state index is 0. The van der Waals surface area contributed by atoms with Gasteiger partial charge in [0.15, 0.2) is 5.96 Å². The quantitative estimate of drug-likeness (QED) is 0.424. The number of halogens is 4. The molecule has 1 aliphatic heterocycles. The van der Waals surface area contributed by atoms with Crippen LogP contribution in [0.1, 0.15) is 25.7 Å². The number of nitrogens with two attached hydrogens (primary N) is 1. The summed E-state index contributed by atoms with van der Waals surface area (Å²) < 4.78 is 42.9. The maximum Gasteiger partial charge on any atom is 0.391 e. The van der Waals surface area contributed by atoms with Crippen molar-refractivity contribution in [3.05, 3.63) is 0 Å². The van der Waals surface area contributed by atoms with Crippen molar-refractivity contribution in [1.29, 1.82) is 0 Å². The van der Waals surface area contributed by atoms with E-state index in [0.29, 0.717) is 38.6 Å². The third-order valence-electron chi connectivity index (χ3n) is 4.16. The summed E-state index contributed by atoms with van der Waals surface area (Å²) in [5.41, 5.74) is 5.90. The van der Waals surface area contributed by atoms with Crippen LogP contribution < -0.4 is 5.73 Å². The molecule has 21 heavy (non-hydrogen) atoms. The van der Waals surface area contributed by atoms with Crippen LogP contribution >= 0.6 is 24.0 Å². The second kappa shape index (κ2) is 8.40. The minimum Gasteiger partial charge on any atom is -0.378 e. The molecule has 2 aliphatic rings. The SMILES string of the molecule is I.NC(=NCC1CCC(C(F)(F)F)CC1)N1CCOCC1. The van der Waals surface area contributed by atoms with Crippen molar-refractivity contribution < 1.29 is 17.9 Å². The number of morpholine rings is 1. The molecular formula is C13H23F3IN3O. The number of hydrogen-bond donors (Lipinski definition) is 1. The fraction of sp³-hybridized carbons (Fsp3) is 0.923. The van der Waals surface area contributed by atoms with Gasteiger partial charge in [0.1, 0.15) is 0 Å². The lowest BCUT2D eigenvalue weighted by atomic mass is 9.82. The van der Waals surface area contributed by atoms with Gasteiger partial charge >= 0.3 is 6.18 Å². The number of nitrogens with zero attached hydrogens (tertiary/aromatic N) is 2. The van der Waals surface area contributed by atoms with Crippen molar-refractivity contribution in [3.8, 4) is 0 Å². The van der Waals surface area contributed by atoms with Gasteiger partial charge in [-0.05, 0) is 31.6 Å². The van der Waals surface area contributed by atoms with Crippen LogP contribution in [0.5, 0.6) is 0 Å². The molecule has 4 nitrogen and oxygen atoms in total. The van der Waals surface area contributed by atoms with E-state index in [0.717, 1.165) is 13.1 Å². The molecule has 1 saturated carbocycles. The Balaban J connectivity index is 0.00000220. The Morgan fingerprint density at radius 1 is 1.14 bits per heavy atom. The van der Waals surface area contributed by atoms with E-state index < -0.39 is 12.1 Å². The first-order chi connectivity index (χ1) is 9.47. The zero-order valence-corrected chi connectivity index (χ0v) is 14.3. The first kappa shape index (κ1) is 18.8. The lowest BCUT2D eigenvalue weighted by Gasteiger charge is -2.30. The molecule has 0 spiro atoms. The number of alkyl halides is 3. The number of ether oxygens (including phenoxy) is 1. The predicted molar refractivity (Wildman–Crippen MR) is 85.8 cm³/mol. The highest BCUT2D eigenvalue weighted by Gasteiger charge is 2.41. The summed E-state index contributed by atoms with van der Waals surface area (Å²) in [7, 11) is 0.